The molecule has 0 unspecified atom stereocenters. The third-order valence-electron chi connectivity index (χ3n) is 4.80. The van der Waals surface area contributed by atoms with Gasteiger partial charge in [-0.2, -0.15) is 0 Å². The zero-order valence-electron chi connectivity index (χ0n) is 16.5. The second-order valence-corrected chi connectivity index (χ2v) is 8.03. The molecule has 0 heterocycles. The first-order valence-electron chi connectivity index (χ1n) is 10.7. The second kappa shape index (κ2) is 20.6. The first kappa shape index (κ1) is 25.3. The fourth-order valence-electron chi connectivity index (χ4n) is 3.17. The summed E-state index contributed by atoms with van der Waals surface area (Å²) >= 11 is 0. The van der Waals surface area contributed by atoms with E-state index in [1.165, 1.54) is 89.9 Å². The van der Waals surface area contributed by atoms with Crippen LogP contribution in [0.4, 0.5) is 0 Å². The molecule has 0 bridgehead atoms. The molecule has 0 amide bonds. The van der Waals surface area contributed by atoms with Crippen LogP contribution < -0.4 is 0 Å². The van der Waals surface area contributed by atoms with E-state index in [-0.39, 0.29) is 12.7 Å². The summed E-state index contributed by atoms with van der Waals surface area (Å²) in [5.41, 5.74) is 0. The fraction of sp³-hybridized carbons (Fsp3) is 1.00. The molecule has 0 aromatic heterocycles. The maximum atomic E-state index is 9.73. The van der Waals surface area contributed by atoms with E-state index in [1.807, 2.05) is 0 Å². The van der Waals surface area contributed by atoms with Gasteiger partial charge in [0.15, 0.2) is 0 Å². The van der Waals surface area contributed by atoms with Crippen molar-refractivity contribution in [1.82, 2.24) is 0 Å². The third kappa shape index (κ3) is 22.2. The Morgan fingerprint density at radius 3 is 1.44 bits per heavy atom. The van der Waals surface area contributed by atoms with Crippen LogP contribution in [0, 0.1) is 0 Å². The lowest BCUT2D eigenvalue weighted by Crippen LogP contribution is -2.09. The smallest absolute Gasteiger partial charge is 0.327 e. The van der Waals surface area contributed by atoms with Crippen LogP contribution in [0.2, 0.25) is 0 Å². The first-order valence-corrected chi connectivity index (χ1v) is 11.8. The largest absolute Gasteiger partial charge is 0.393 e. The van der Waals surface area contributed by atoms with Gasteiger partial charge in [-0.15, -0.1) is 0 Å². The summed E-state index contributed by atoms with van der Waals surface area (Å²) in [6.45, 7) is 2.49. The summed E-state index contributed by atoms with van der Waals surface area (Å²) in [5.74, 6) is 0. The van der Waals surface area contributed by atoms with Gasteiger partial charge in [-0.05, 0) is 12.8 Å². The van der Waals surface area contributed by atoms with Gasteiger partial charge in [0.1, 0.15) is 0 Å². The molecule has 1 atom stereocenters. The van der Waals surface area contributed by atoms with Gasteiger partial charge in [0.05, 0.1) is 12.7 Å². The van der Waals surface area contributed by atoms with Gasteiger partial charge in [0, 0.05) is 0 Å². The number of hydrogen-bond acceptors (Lipinski definition) is 4. The highest BCUT2D eigenvalue weighted by atomic mass is 31.2. The Morgan fingerprint density at radius 1 is 0.640 bits per heavy atom. The lowest BCUT2D eigenvalue weighted by Gasteiger charge is -2.10. The Hall–Kier alpha value is 0.270. The van der Waals surface area contributed by atoms with E-state index >= 15 is 0 Å². The first-order chi connectivity index (χ1) is 12.2. The van der Waals surface area contributed by atoms with Crippen molar-refractivity contribution < 1.29 is 19.4 Å². The molecule has 0 aliphatic carbocycles. The van der Waals surface area contributed by atoms with E-state index in [0.29, 0.717) is 6.42 Å². The minimum Gasteiger partial charge on any atom is -0.393 e. The number of rotatable bonds is 20. The summed E-state index contributed by atoms with van der Waals surface area (Å²) in [6.07, 6.45) is 21.1. The van der Waals surface area contributed by atoms with Crippen LogP contribution >= 0.6 is 8.60 Å². The van der Waals surface area contributed by atoms with Gasteiger partial charge < -0.3 is 19.4 Å². The highest BCUT2D eigenvalue weighted by Crippen LogP contribution is 2.24. The normalized spacial score (nSPS) is 12.8. The minimum absolute atomic E-state index is 0.221. The van der Waals surface area contributed by atoms with Crippen LogP contribution in [-0.2, 0) is 4.52 Å². The molecule has 0 aliphatic heterocycles. The van der Waals surface area contributed by atoms with E-state index in [1.54, 1.807) is 0 Å². The van der Waals surface area contributed by atoms with Gasteiger partial charge in [-0.3, -0.25) is 0 Å². The fourth-order valence-corrected chi connectivity index (χ4v) is 3.43. The molecular weight excluding hydrogens is 335 g/mol. The summed E-state index contributed by atoms with van der Waals surface area (Å²) in [5, 5.41) is 9.73. The predicted octanol–water partition coefficient (Wildman–Crippen LogP) is 6.23. The monoisotopic (exact) mass is 378 g/mol. The molecule has 0 saturated carbocycles. The molecule has 0 aliphatic rings. The minimum atomic E-state index is -2.28. The predicted molar refractivity (Wildman–Crippen MR) is 107 cm³/mol. The molecule has 25 heavy (non-hydrogen) atoms. The van der Waals surface area contributed by atoms with Crippen LogP contribution in [-0.4, -0.2) is 27.6 Å². The van der Waals surface area contributed by atoms with Crippen LogP contribution in [0.25, 0.3) is 0 Å². The molecule has 4 nitrogen and oxygen atoms in total. The molecule has 5 heteroatoms. The quantitative estimate of drug-likeness (QED) is 0.173. The van der Waals surface area contributed by atoms with Crippen LogP contribution in [0.3, 0.4) is 0 Å². The van der Waals surface area contributed by atoms with Crippen molar-refractivity contribution in [2.75, 3.05) is 6.61 Å². The maximum Gasteiger partial charge on any atom is 0.327 e. The Bertz CT molecular complexity index is 252. The topological polar surface area (TPSA) is 69.9 Å². The van der Waals surface area contributed by atoms with E-state index < -0.39 is 8.60 Å². The molecule has 0 aromatic rings. The zero-order chi connectivity index (χ0) is 18.6. The molecule has 0 aromatic carbocycles. The van der Waals surface area contributed by atoms with Crippen molar-refractivity contribution >= 4 is 8.60 Å². The highest BCUT2D eigenvalue weighted by molar-refractivity contribution is 7.39. The Kier molecular flexibility index (Phi) is 20.8. The van der Waals surface area contributed by atoms with E-state index in [9.17, 15) is 5.11 Å². The molecule has 3 N–H and O–H groups in total. The second-order valence-electron chi connectivity index (χ2n) is 7.27. The average molecular weight is 379 g/mol. The summed E-state index contributed by atoms with van der Waals surface area (Å²) in [4.78, 5) is 17.2. The number of hydrogen-bond donors (Lipinski definition) is 3. The lowest BCUT2D eigenvalue weighted by molar-refractivity contribution is 0.123. The molecule has 0 radical (unpaired) electrons. The van der Waals surface area contributed by atoms with Gasteiger partial charge in [0.25, 0.3) is 0 Å². The zero-order valence-corrected chi connectivity index (χ0v) is 17.4. The molecule has 0 saturated heterocycles. The Balaban J connectivity index is 3.09. The van der Waals surface area contributed by atoms with E-state index in [4.69, 9.17) is 9.79 Å². The molecule has 0 fully saturated rings. The summed E-state index contributed by atoms with van der Waals surface area (Å²) in [7, 11) is -2.28. The lowest BCUT2D eigenvalue weighted by atomic mass is 10.0. The SMILES string of the molecule is CCCCCCCCCCCCCCCCC[C@@H](O)CCOP(O)O. The number of aliphatic hydroxyl groups is 1. The molecule has 0 rings (SSSR count). The van der Waals surface area contributed by atoms with Crippen molar-refractivity contribution in [3.63, 3.8) is 0 Å². The third-order valence-corrected chi connectivity index (χ3v) is 5.21. The standard InChI is InChI=1S/C20H43O4P/c1-2-3-4-5-6-7-8-9-10-11-12-13-14-15-16-17-20(21)18-19-24-25(22)23/h20-23H,2-19H2,1H3/t20-/m1/s1. The van der Waals surface area contributed by atoms with Crippen LogP contribution in [0.15, 0.2) is 0 Å². The van der Waals surface area contributed by atoms with Crippen molar-refractivity contribution in [2.45, 2.75) is 122 Å². The Morgan fingerprint density at radius 2 is 1.04 bits per heavy atom. The molecule has 152 valence electrons. The van der Waals surface area contributed by atoms with Gasteiger partial charge in [-0.1, -0.05) is 103 Å². The van der Waals surface area contributed by atoms with Crippen molar-refractivity contribution in [3.8, 4) is 0 Å². The van der Waals surface area contributed by atoms with Gasteiger partial charge >= 0.3 is 8.60 Å². The Labute approximate surface area is 157 Å². The van der Waals surface area contributed by atoms with Gasteiger partial charge in [-0.25, -0.2) is 0 Å². The van der Waals surface area contributed by atoms with Gasteiger partial charge in [0.2, 0.25) is 0 Å². The van der Waals surface area contributed by atoms with Crippen molar-refractivity contribution in [3.05, 3.63) is 0 Å². The van der Waals surface area contributed by atoms with Crippen molar-refractivity contribution in [1.29, 1.82) is 0 Å². The number of aliphatic hydroxyl groups excluding tert-OH is 1. The summed E-state index contributed by atoms with van der Waals surface area (Å²) in [6, 6.07) is 0. The van der Waals surface area contributed by atoms with Crippen molar-refractivity contribution in [2.24, 2.45) is 0 Å². The van der Waals surface area contributed by atoms with Crippen LogP contribution in [0.5, 0.6) is 0 Å². The van der Waals surface area contributed by atoms with E-state index in [0.717, 1.165) is 12.8 Å². The molecular formula is C20H43O4P. The van der Waals surface area contributed by atoms with Crippen LogP contribution in [0.1, 0.15) is 116 Å². The maximum absolute atomic E-state index is 9.73. The highest BCUT2D eigenvalue weighted by Gasteiger charge is 2.06. The number of unbranched alkanes of at least 4 members (excludes halogenated alkanes) is 14. The molecule has 0 spiro atoms. The summed E-state index contributed by atoms with van der Waals surface area (Å²) < 4.78 is 4.66. The van der Waals surface area contributed by atoms with E-state index in [2.05, 4.69) is 11.4 Å². The average Bonchev–Trinajstić information content (AvgIpc) is 2.58.